The van der Waals surface area contributed by atoms with E-state index in [1.54, 1.807) is 17.8 Å². The van der Waals surface area contributed by atoms with Crippen LogP contribution >= 0.6 is 11.8 Å². The normalized spacial score (nSPS) is 20.3. The maximum absolute atomic E-state index is 12.9. The standard InChI is InChI=1S/C18H23N3O5S2/c1-2-21-11-14(9-17(22)20-24)28(25,26)16-6-5-12(8-15(16)21)18(23)19-10-13-4-3-7-27-13/h4-6,8,14,24H,2-3,7,9-11H2,1H3,(H,19,23)(H,20,22). The Morgan fingerprint density at radius 1 is 1.36 bits per heavy atom. The van der Waals surface area contributed by atoms with Crippen LogP contribution in [0.2, 0.25) is 0 Å². The van der Waals surface area contributed by atoms with Crippen molar-refractivity contribution in [1.29, 1.82) is 0 Å². The number of anilines is 1. The van der Waals surface area contributed by atoms with E-state index in [4.69, 9.17) is 5.21 Å². The molecule has 0 bridgehead atoms. The Kier molecular flexibility index (Phi) is 6.31. The van der Waals surface area contributed by atoms with Crippen molar-refractivity contribution in [2.45, 2.75) is 29.9 Å². The van der Waals surface area contributed by atoms with E-state index in [-0.39, 0.29) is 23.8 Å². The van der Waals surface area contributed by atoms with Gasteiger partial charge >= 0.3 is 0 Å². The SMILES string of the molecule is CCN1CC(CC(=O)NO)S(=O)(=O)c2ccc(C(=O)NCC3=CCCS3)cc21. The van der Waals surface area contributed by atoms with E-state index in [2.05, 4.69) is 11.4 Å². The zero-order chi connectivity index (χ0) is 20.3. The average Bonchev–Trinajstić information content (AvgIpc) is 3.21. The van der Waals surface area contributed by atoms with Gasteiger partial charge in [-0.05, 0) is 31.5 Å². The lowest BCUT2D eigenvalue weighted by Crippen LogP contribution is -2.44. The average molecular weight is 426 g/mol. The maximum Gasteiger partial charge on any atom is 0.251 e. The number of carbonyl (C=O) groups excluding carboxylic acids is 2. The minimum absolute atomic E-state index is 0.0990. The number of hydrogen-bond acceptors (Lipinski definition) is 7. The highest BCUT2D eigenvalue weighted by Crippen LogP contribution is 2.35. The third-order valence-electron chi connectivity index (χ3n) is 4.85. The molecule has 0 aromatic heterocycles. The molecule has 2 aliphatic rings. The maximum atomic E-state index is 12.9. The molecule has 8 nitrogen and oxygen atoms in total. The highest BCUT2D eigenvalue weighted by atomic mass is 32.2. The van der Waals surface area contributed by atoms with Crippen LogP contribution < -0.4 is 15.7 Å². The van der Waals surface area contributed by atoms with E-state index in [9.17, 15) is 18.0 Å². The summed E-state index contributed by atoms with van der Waals surface area (Å²) < 4.78 is 25.8. The van der Waals surface area contributed by atoms with Crippen molar-refractivity contribution in [3.63, 3.8) is 0 Å². The van der Waals surface area contributed by atoms with Gasteiger partial charge in [-0.3, -0.25) is 14.8 Å². The largest absolute Gasteiger partial charge is 0.369 e. The topological polar surface area (TPSA) is 116 Å². The number of sulfone groups is 1. The molecule has 28 heavy (non-hydrogen) atoms. The summed E-state index contributed by atoms with van der Waals surface area (Å²) in [6.45, 7) is 2.98. The molecule has 0 saturated carbocycles. The Balaban J connectivity index is 1.85. The van der Waals surface area contributed by atoms with Crippen molar-refractivity contribution in [2.24, 2.45) is 0 Å². The number of hydrogen-bond donors (Lipinski definition) is 3. The lowest BCUT2D eigenvalue weighted by Gasteiger charge is -2.35. The second kappa shape index (κ2) is 8.54. The first-order valence-corrected chi connectivity index (χ1v) is 11.6. The Labute approximate surface area is 168 Å². The van der Waals surface area contributed by atoms with Crippen molar-refractivity contribution < 1.29 is 23.2 Å². The lowest BCUT2D eigenvalue weighted by molar-refractivity contribution is -0.129. The third-order valence-corrected chi connectivity index (χ3v) is 8.12. The number of thioether (sulfide) groups is 1. The molecule has 152 valence electrons. The Bertz CT molecular complexity index is 914. The van der Waals surface area contributed by atoms with Gasteiger partial charge in [0.15, 0.2) is 9.84 Å². The molecule has 0 radical (unpaired) electrons. The minimum atomic E-state index is -3.76. The predicted octanol–water partition coefficient (Wildman–Crippen LogP) is 1.31. The van der Waals surface area contributed by atoms with E-state index in [1.807, 2.05) is 11.8 Å². The molecule has 0 saturated heterocycles. The lowest BCUT2D eigenvalue weighted by atomic mass is 10.1. The van der Waals surface area contributed by atoms with Gasteiger partial charge in [-0.2, -0.15) is 0 Å². The molecule has 1 aromatic carbocycles. The van der Waals surface area contributed by atoms with E-state index >= 15 is 0 Å². The summed E-state index contributed by atoms with van der Waals surface area (Å²) in [5, 5.41) is 10.6. The summed E-state index contributed by atoms with van der Waals surface area (Å²) in [4.78, 5) is 27.1. The van der Waals surface area contributed by atoms with Crippen molar-refractivity contribution in [3.05, 3.63) is 34.7 Å². The fourth-order valence-corrected chi connectivity index (χ4v) is 6.11. The summed E-state index contributed by atoms with van der Waals surface area (Å²) in [5.41, 5.74) is 2.34. The minimum Gasteiger partial charge on any atom is -0.369 e. The molecule has 2 aliphatic heterocycles. The van der Waals surface area contributed by atoms with E-state index in [1.165, 1.54) is 17.6 Å². The molecule has 1 unspecified atom stereocenters. The van der Waals surface area contributed by atoms with Gasteiger partial charge in [-0.1, -0.05) is 6.08 Å². The molecule has 1 atom stereocenters. The Hall–Kier alpha value is -2.04. The number of amides is 2. The van der Waals surface area contributed by atoms with Crippen LogP contribution in [0.5, 0.6) is 0 Å². The second-order valence-electron chi connectivity index (χ2n) is 6.62. The number of hydroxylamine groups is 1. The first-order valence-electron chi connectivity index (χ1n) is 9.02. The highest BCUT2D eigenvalue weighted by molar-refractivity contribution is 8.03. The van der Waals surface area contributed by atoms with E-state index in [0.29, 0.717) is 24.3 Å². The number of benzene rings is 1. The number of carbonyl (C=O) groups is 2. The third kappa shape index (κ3) is 4.18. The van der Waals surface area contributed by atoms with E-state index in [0.717, 1.165) is 17.1 Å². The molecule has 0 fully saturated rings. The summed E-state index contributed by atoms with van der Waals surface area (Å²) in [7, 11) is -3.76. The number of fused-ring (bicyclic) bond motifs is 1. The van der Waals surface area contributed by atoms with Crippen LogP contribution in [-0.4, -0.2) is 56.1 Å². The van der Waals surface area contributed by atoms with Gasteiger partial charge in [0.1, 0.15) is 0 Å². The van der Waals surface area contributed by atoms with Gasteiger partial charge in [0, 0.05) is 42.3 Å². The smallest absolute Gasteiger partial charge is 0.251 e. The molecular weight excluding hydrogens is 402 g/mol. The van der Waals surface area contributed by atoms with Crippen molar-refractivity contribution in [2.75, 3.05) is 30.3 Å². The molecule has 3 rings (SSSR count). The summed E-state index contributed by atoms with van der Waals surface area (Å²) in [6.07, 6.45) is 2.78. The van der Waals surface area contributed by atoms with Crippen molar-refractivity contribution in [1.82, 2.24) is 10.8 Å². The van der Waals surface area contributed by atoms with Crippen molar-refractivity contribution >= 4 is 39.1 Å². The molecule has 2 heterocycles. The second-order valence-corrected chi connectivity index (χ2v) is 10.0. The fraction of sp³-hybridized carbons (Fsp3) is 0.444. The van der Waals surface area contributed by atoms with Crippen LogP contribution in [0.3, 0.4) is 0 Å². The van der Waals surface area contributed by atoms with Crippen LogP contribution in [0.25, 0.3) is 0 Å². The predicted molar refractivity (Wildman–Crippen MR) is 107 cm³/mol. The number of nitrogens with one attached hydrogen (secondary N) is 2. The first kappa shape index (κ1) is 20.7. The molecule has 0 spiro atoms. The van der Waals surface area contributed by atoms with Gasteiger partial charge in [0.25, 0.3) is 5.91 Å². The highest BCUT2D eigenvalue weighted by Gasteiger charge is 2.38. The number of rotatable bonds is 6. The quantitative estimate of drug-likeness (QED) is 0.465. The summed E-state index contributed by atoms with van der Waals surface area (Å²) in [5.74, 6) is 0.0256. The van der Waals surface area contributed by atoms with Crippen LogP contribution in [0.1, 0.15) is 30.1 Å². The first-order chi connectivity index (χ1) is 13.4. The molecule has 0 aliphatic carbocycles. The van der Waals surface area contributed by atoms with Gasteiger partial charge in [0.2, 0.25) is 5.91 Å². The zero-order valence-electron chi connectivity index (χ0n) is 15.5. The molecule has 3 N–H and O–H groups in total. The zero-order valence-corrected chi connectivity index (χ0v) is 17.1. The van der Waals surface area contributed by atoms with Gasteiger partial charge < -0.3 is 10.2 Å². The summed E-state index contributed by atoms with van der Waals surface area (Å²) in [6, 6.07) is 4.50. The van der Waals surface area contributed by atoms with Gasteiger partial charge in [-0.15, -0.1) is 11.8 Å². The molecule has 2 amide bonds. The molecule has 1 aromatic rings. The van der Waals surface area contributed by atoms with Crippen LogP contribution in [0, 0.1) is 0 Å². The number of allylic oxidation sites excluding steroid dienone is 1. The molecular formula is C18H23N3O5S2. The summed E-state index contributed by atoms with van der Waals surface area (Å²) >= 11 is 1.72. The van der Waals surface area contributed by atoms with Gasteiger partial charge in [-0.25, -0.2) is 13.9 Å². The molecule has 10 heteroatoms. The number of nitrogens with zero attached hydrogens (tertiary/aromatic N) is 1. The Morgan fingerprint density at radius 3 is 2.79 bits per heavy atom. The van der Waals surface area contributed by atoms with E-state index < -0.39 is 21.0 Å². The van der Waals surface area contributed by atoms with Crippen LogP contribution in [-0.2, 0) is 14.6 Å². The Morgan fingerprint density at radius 2 is 2.14 bits per heavy atom. The van der Waals surface area contributed by atoms with Crippen molar-refractivity contribution in [3.8, 4) is 0 Å². The fourth-order valence-electron chi connectivity index (χ4n) is 3.36. The monoisotopic (exact) mass is 425 g/mol. The van der Waals surface area contributed by atoms with Crippen LogP contribution in [0.15, 0.2) is 34.1 Å². The van der Waals surface area contributed by atoms with Gasteiger partial charge in [0.05, 0.1) is 15.8 Å². The van der Waals surface area contributed by atoms with Crippen LogP contribution in [0.4, 0.5) is 5.69 Å².